The van der Waals surface area contributed by atoms with Crippen LogP contribution in [0.1, 0.15) is 18.5 Å². The van der Waals surface area contributed by atoms with E-state index in [0.29, 0.717) is 0 Å². The van der Waals surface area contributed by atoms with Crippen LogP contribution in [0, 0.1) is 17.6 Å². The molecule has 0 amide bonds. The highest BCUT2D eigenvalue weighted by molar-refractivity contribution is 5.23. The van der Waals surface area contributed by atoms with Crippen LogP contribution in [-0.4, -0.2) is 0 Å². The first-order valence-corrected chi connectivity index (χ1v) is 4.39. The van der Waals surface area contributed by atoms with Crippen molar-refractivity contribution in [3.05, 3.63) is 48.1 Å². The van der Waals surface area contributed by atoms with E-state index in [0.717, 1.165) is 18.2 Å². The van der Waals surface area contributed by atoms with Crippen LogP contribution in [0.15, 0.2) is 30.9 Å². The predicted molar refractivity (Wildman–Crippen MR) is 52.6 cm³/mol. The Bertz CT molecular complexity index is 336. The largest absolute Gasteiger partial charge is 0.323 e. The van der Waals surface area contributed by atoms with Crippen LogP contribution in [0.3, 0.4) is 0 Å². The second-order valence-electron chi connectivity index (χ2n) is 3.29. The molecule has 0 unspecified atom stereocenters. The average Bonchev–Trinajstić information content (AvgIpc) is 2.19. The molecule has 0 saturated heterocycles. The zero-order chi connectivity index (χ0) is 10.7. The lowest BCUT2D eigenvalue weighted by Crippen LogP contribution is -2.19. The van der Waals surface area contributed by atoms with E-state index in [-0.39, 0.29) is 11.5 Å². The minimum Gasteiger partial charge on any atom is -0.323 e. The highest BCUT2D eigenvalue weighted by atomic mass is 19.1. The van der Waals surface area contributed by atoms with Crippen molar-refractivity contribution in [3.8, 4) is 0 Å². The Labute approximate surface area is 82.2 Å². The fourth-order valence-corrected chi connectivity index (χ4v) is 1.20. The molecule has 1 nitrogen and oxygen atoms in total. The Kier molecular flexibility index (Phi) is 3.36. The SMILES string of the molecule is C=C[C@H](C)[C@H](N)c1cc(F)ccc1F. The minimum atomic E-state index is -0.553. The van der Waals surface area contributed by atoms with Crippen LogP contribution in [0.2, 0.25) is 0 Å². The third-order valence-electron chi connectivity index (χ3n) is 2.26. The molecule has 0 aliphatic rings. The Balaban J connectivity index is 3.05. The summed E-state index contributed by atoms with van der Waals surface area (Å²) in [6.45, 7) is 5.37. The lowest BCUT2D eigenvalue weighted by Gasteiger charge is -2.17. The lowest BCUT2D eigenvalue weighted by molar-refractivity contribution is 0.512. The van der Waals surface area contributed by atoms with Crippen molar-refractivity contribution in [1.29, 1.82) is 0 Å². The molecule has 3 heteroatoms. The zero-order valence-electron chi connectivity index (χ0n) is 8.00. The zero-order valence-corrected chi connectivity index (χ0v) is 8.00. The maximum Gasteiger partial charge on any atom is 0.128 e. The molecular weight excluding hydrogens is 184 g/mol. The van der Waals surface area contributed by atoms with Crippen molar-refractivity contribution >= 4 is 0 Å². The molecule has 0 aliphatic heterocycles. The molecule has 0 saturated carbocycles. The first-order chi connectivity index (χ1) is 6.56. The highest BCUT2D eigenvalue weighted by Crippen LogP contribution is 2.23. The minimum absolute atomic E-state index is 0.0914. The molecule has 1 aromatic carbocycles. The molecule has 0 radical (unpaired) electrons. The monoisotopic (exact) mass is 197 g/mol. The van der Waals surface area contributed by atoms with Gasteiger partial charge in [-0.3, -0.25) is 0 Å². The number of nitrogens with two attached hydrogens (primary N) is 1. The molecule has 0 aromatic heterocycles. The van der Waals surface area contributed by atoms with Crippen LogP contribution in [0.5, 0.6) is 0 Å². The summed E-state index contributed by atoms with van der Waals surface area (Å²) in [4.78, 5) is 0. The van der Waals surface area contributed by atoms with Gasteiger partial charge in [0.15, 0.2) is 0 Å². The summed E-state index contributed by atoms with van der Waals surface area (Å²) in [6.07, 6.45) is 1.62. The summed E-state index contributed by atoms with van der Waals surface area (Å²) in [5.74, 6) is -1.05. The summed E-state index contributed by atoms with van der Waals surface area (Å²) >= 11 is 0. The molecule has 2 N–H and O–H groups in total. The lowest BCUT2D eigenvalue weighted by atomic mass is 9.95. The second-order valence-corrected chi connectivity index (χ2v) is 3.29. The third-order valence-corrected chi connectivity index (χ3v) is 2.26. The first kappa shape index (κ1) is 10.9. The van der Waals surface area contributed by atoms with Gasteiger partial charge < -0.3 is 5.73 Å². The van der Waals surface area contributed by atoms with Gasteiger partial charge in [0.05, 0.1) is 0 Å². The van der Waals surface area contributed by atoms with Gasteiger partial charge in [-0.15, -0.1) is 6.58 Å². The average molecular weight is 197 g/mol. The second kappa shape index (κ2) is 4.33. The van der Waals surface area contributed by atoms with Crippen LogP contribution < -0.4 is 5.73 Å². The molecule has 0 aliphatic carbocycles. The van der Waals surface area contributed by atoms with Crippen LogP contribution in [0.4, 0.5) is 8.78 Å². The van der Waals surface area contributed by atoms with E-state index < -0.39 is 17.7 Å². The fraction of sp³-hybridized carbons (Fsp3) is 0.273. The van der Waals surface area contributed by atoms with E-state index in [1.165, 1.54) is 0 Å². The fourth-order valence-electron chi connectivity index (χ4n) is 1.20. The van der Waals surface area contributed by atoms with Gasteiger partial charge in [-0.25, -0.2) is 8.78 Å². The maximum absolute atomic E-state index is 13.2. The van der Waals surface area contributed by atoms with E-state index >= 15 is 0 Å². The van der Waals surface area contributed by atoms with Gasteiger partial charge in [-0.2, -0.15) is 0 Å². The van der Waals surface area contributed by atoms with Gasteiger partial charge in [0.2, 0.25) is 0 Å². The van der Waals surface area contributed by atoms with Crippen molar-refractivity contribution in [2.75, 3.05) is 0 Å². The number of halogens is 2. The van der Waals surface area contributed by atoms with Crippen molar-refractivity contribution in [3.63, 3.8) is 0 Å². The van der Waals surface area contributed by atoms with Gasteiger partial charge in [0.25, 0.3) is 0 Å². The number of hydrogen-bond donors (Lipinski definition) is 1. The standard InChI is InChI=1S/C11H13F2N/c1-3-7(2)11(14)9-6-8(12)4-5-10(9)13/h3-7,11H,1,14H2,2H3/t7-,11-/m0/s1. The molecule has 0 bridgehead atoms. The Morgan fingerprint density at radius 2 is 2.07 bits per heavy atom. The van der Waals surface area contributed by atoms with Gasteiger partial charge >= 0.3 is 0 Å². The summed E-state index contributed by atoms with van der Waals surface area (Å²) in [6, 6.07) is 2.73. The Morgan fingerprint density at radius 3 is 2.64 bits per heavy atom. The predicted octanol–water partition coefficient (Wildman–Crippen LogP) is 2.79. The van der Waals surface area contributed by atoms with Crippen molar-refractivity contribution in [2.24, 2.45) is 11.7 Å². The Morgan fingerprint density at radius 1 is 1.43 bits per heavy atom. The Hall–Kier alpha value is -1.22. The molecule has 76 valence electrons. The van der Waals surface area contributed by atoms with E-state index in [1.807, 2.05) is 6.92 Å². The summed E-state index contributed by atoms with van der Waals surface area (Å²) in [5, 5.41) is 0. The van der Waals surface area contributed by atoms with Gasteiger partial charge in [-0.1, -0.05) is 13.0 Å². The molecule has 2 atom stereocenters. The van der Waals surface area contributed by atoms with E-state index in [1.54, 1.807) is 6.08 Å². The number of hydrogen-bond acceptors (Lipinski definition) is 1. The first-order valence-electron chi connectivity index (χ1n) is 4.39. The molecule has 0 spiro atoms. The van der Waals surface area contributed by atoms with Crippen molar-refractivity contribution in [1.82, 2.24) is 0 Å². The maximum atomic E-state index is 13.2. The highest BCUT2D eigenvalue weighted by Gasteiger charge is 2.16. The van der Waals surface area contributed by atoms with Gasteiger partial charge in [0, 0.05) is 11.6 Å². The van der Waals surface area contributed by atoms with Crippen LogP contribution in [-0.2, 0) is 0 Å². The van der Waals surface area contributed by atoms with Gasteiger partial charge in [0.1, 0.15) is 11.6 Å². The molecule has 1 aromatic rings. The van der Waals surface area contributed by atoms with E-state index in [4.69, 9.17) is 5.73 Å². The summed E-state index contributed by atoms with van der Waals surface area (Å²) in [7, 11) is 0. The third kappa shape index (κ3) is 2.17. The molecular formula is C11H13F2N. The van der Waals surface area contributed by atoms with E-state index in [9.17, 15) is 8.78 Å². The topological polar surface area (TPSA) is 26.0 Å². The molecule has 1 rings (SSSR count). The number of rotatable bonds is 3. The van der Waals surface area contributed by atoms with E-state index in [2.05, 4.69) is 6.58 Å². The van der Waals surface area contributed by atoms with Gasteiger partial charge in [-0.05, 0) is 24.1 Å². The summed E-state index contributed by atoms with van der Waals surface area (Å²) < 4.78 is 26.1. The van der Waals surface area contributed by atoms with Crippen molar-refractivity contribution < 1.29 is 8.78 Å². The molecule has 0 fully saturated rings. The van der Waals surface area contributed by atoms with Crippen LogP contribution >= 0.6 is 0 Å². The van der Waals surface area contributed by atoms with Crippen LogP contribution in [0.25, 0.3) is 0 Å². The van der Waals surface area contributed by atoms with Crippen molar-refractivity contribution in [2.45, 2.75) is 13.0 Å². The number of benzene rings is 1. The molecule has 14 heavy (non-hydrogen) atoms. The summed E-state index contributed by atoms with van der Waals surface area (Å²) in [5.41, 5.74) is 5.93. The smallest absolute Gasteiger partial charge is 0.128 e. The molecule has 0 heterocycles. The quantitative estimate of drug-likeness (QED) is 0.741. The normalized spacial score (nSPS) is 14.9.